The van der Waals surface area contributed by atoms with Gasteiger partial charge in [0.25, 0.3) is 0 Å². The Morgan fingerprint density at radius 2 is 2.29 bits per heavy atom. The average Bonchev–Trinajstić information content (AvgIpc) is 2.21. The van der Waals surface area contributed by atoms with E-state index in [4.69, 9.17) is 4.74 Å². The van der Waals surface area contributed by atoms with Gasteiger partial charge in [0.1, 0.15) is 5.82 Å². The fourth-order valence-electron chi connectivity index (χ4n) is 1.19. The highest BCUT2D eigenvalue weighted by molar-refractivity contribution is 9.10. The molecule has 0 saturated heterocycles. The van der Waals surface area contributed by atoms with Crippen LogP contribution in [0.4, 0.5) is 5.82 Å². The number of anilines is 1. The van der Waals surface area contributed by atoms with Crippen molar-refractivity contribution in [1.29, 1.82) is 0 Å². The molecule has 0 fully saturated rings. The molecule has 0 spiro atoms. The first-order chi connectivity index (χ1) is 6.77. The summed E-state index contributed by atoms with van der Waals surface area (Å²) in [6, 6.07) is 4.00. The van der Waals surface area contributed by atoms with Gasteiger partial charge in [0.15, 0.2) is 0 Å². The smallest absolute Gasteiger partial charge is 0.128 e. The fourth-order valence-corrected chi connectivity index (χ4v) is 1.43. The minimum atomic E-state index is 0.728. The molecular weight excluding hydrogens is 244 g/mol. The molecule has 0 aliphatic heterocycles. The maximum absolute atomic E-state index is 5.04. The van der Waals surface area contributed by atoms with Crippen molar-refractivity contribution in [3.63, 3.8) is 0 Å². The highest BCUT2D eigenvalue weighted by Gasteiger charge is 2.04. The van der Waals surface area contributed by atoms with Crippen LogP contribution in [-0.4, -0.2) is 31.8 Å². The van der Waals surface area contributed by atoms with Crippen molar-refractivity contribution in [3.05, 3.63) is 22.8 Å². The Balaban J connectivity index is 2.64. The number of rotatable bonds is 5. The summed E-state index contributed by atoms with van der Waals surface area (Å²) in [6.45, 7) is 4.66. The lowest BCUT2D eigenvalue weighted by atomic mass is 10.4. The Kier molecular flexibility index (Phi) is 4.90. The molecule has 0 atom stereocenters. The van der Waals surface area contributed by atoms with Gasteiger partial charge in [-0.25, -0.2) is 4.98 Å². The third-order valence-electron chi connectivity index (χ3n) is 1.98. The lowest BCUT2D eigenvalue weighted by Gasteiger charge is -2.21. The SMILES string of the molecule is CCN(CCOC)c1ccc(Br)cn1. The topological polar surface area (TPSA) is 25.4 Å². The van der Waals surface area contributed by atoms with Gasteiger partial charge in [-0.3, -0.25) is 0 Å². The second-order valence-electron chi connectivity index (χ2n) is 2.91. The summed E-state index contributed by atoms with van der Waals surface area (Å²) in [5.74, 6) is 0.993. The van der Waals surface area contributed by atoms with Gasteiger partial charge in [0.05, 0.1) is 6.61 Å². The molecule has 0 aliphatic carbocycles. The van der Waals surface area contributed by atoms with E-state index >= 15 is 0 Å². The summed E-state index contributed by atoms with van der Waals surface area (Å²) in [5.41, 5.74) is 0. The molecule has 0 N–H and O–H groups in total. The number of hydrogen-bond acceptors (Lipinski definition) is 3. The van der Waals surface area contributed by atoms with Gasteiger partial charge in [0, 0.05) is 30.9 Å². The first-order valence-corrected chi connectivity index (χ1v) is 5.42. The van der Waals surface area contributed by atoms with Crippen LogP contribution >= 0.6 is 15.9 Å². The summed E-state index contributed by atoms with van der Waals surface area (Å²) in [4.78, 5) is 6.50. The van der Waals surface area contributed by atoms with Gasteiger partial charge < -0.3 is 9.64 Å². The molecule has 1 rings (SSSR count). The zero-order valence-electron chi connectivity index (χ0n) is 8.53. The summed E-state index contributed by atoms with van der Waals surface area (Å²) in [6.07, 6.45) is 1.81. The minimum Gasteiger partial charge on any atom is -0.383 e. The number of ether oxygens (including phenoxy) is 1. The van der Waals surface area contributed by atoms with E-state index < -0.39 is 0 Å². The molecule has 1 aromatic heterocycles. The van der Waals surface area contributed by atoms with E-state index in [1.807, 2.05) is 18.3 Å². The molecule has 0 aromatic carbocycles. The Bertz CT molecular complexity index is 263. The van der Waals surface area contributed by atoms with Crippen molar-refractivity contribution >= 4 is 21.7 Å². The van der Waals surface area contributed by atoms with Crippen molar-refractivity contribution in [1.82, 2.24) is 4.98 Å². The van der Waals surface area contributed by atoms with Crippen molar-refractivity contribution in [3.8, 4) is 0 Å². The van der Waals surface area contributed by atoms with Gasteiger partial charge in [-0.2, -0.15) is 0 Å². The van der Waals surface area contributed by atoms with Crippen LogP contribution in [0.15, 0.2) is 22.8 Å². The van der Waals surface area contributed by atoms with Crippen molar-refractivity contribution in [2.75, 3.05) is 31.7 Å². The van der Waals surface area contributed by atoms with Crippen LogP contribution in [0.1, 0.15) is 6.92 Å². The molecule has 1 heterocycles. The second kappa shape index (κ2) is 5.98. The van der Waals surface area contributed by atoms with Crippen LogP contribution in [0.25, 0.3) is 0 Å². The largest absolute Gasteiger partial charge is 0.383 e. The molecule has 0 radical (unpaired) electrons. The van der Waals surface area contributed by atoms with Gasteiger partial charge in [0.2, 0.25) is 0 Å². The lowest BCUT2D eigenvalue weighted by molar-refractivity contribution is 0.205. The summed E-state index contributed by atoms with van der Waals surface area (Å²) >= 11 is 3.36. The number of halogens is 1. The van der Waals surface area contributed by atoms with Crippen molar-refractivity contribution in [2.24, 2.45) is 0 Å². The van der Waals surface area contributed by atoms with Crippen molar-refractivity contribution < 1.29 is 4.74 Å². The maximum Gasteiger partial charge on any atom is 0.128 e. The molecule has 4 heteroatoms. The van der Waals surface area contributed by atoms with E-state index in [2.05, 4.69) is 32.7 Å². The highest BCUT2D eigenvalue weighted by atomic mass is 79.9. The predicted molar refractivity (Wildman–Crippen MR) is 61.7 cm³/mol. The molecule has 0 aliphatic rings. The van der Waals surface area contributed by atoms with Gasteiger partial charge in [-0.15, -0.1) is 0 Å². The number of likely N-dealkylation sites (N-methyl/N-ethyl adjacent to an activating group) is 1. The van der Waals surface area contributed by atoms with E-state index in [1.165, 1.54) is 0 Å². The van der Waals surface area contributed by atoms with Gasteiger partial charge in [-0.05, 0) is 35.0 Å². The maximum atomic E-state index is 5.04. The van der Waals surface area contributed by atoms with E-state index in [0.29, 0.717) is 0 Å². The first kappa shape index (κ1) is 11.5. The van der Waals surface area contributed by atoms with Crippen molar-refractivity contribution in [2.45, 2.75) is 6.92 Å². The summed E-state index contributed by atoms with van der Waals surface area (Å²) < 4.78 is 6.04. The second-order valence-corrected chi connectivity index (χ2v) is 3.82. The molecule has 0 unspecified atom stereocenters. The predicted octanol–water partition coefficient (Wildman–Crippen LogP) is 2.32. The lowest BCUT2D eigenvalue weighted by Crippen LogP contribution is -2.27. The summed E-state index contributed by atoms with van der Waals surface area (Å²) in [7, 11) is 1.71. The Morgan fingerprint density at radius 3 is 2.79 bits per heavy atom. The molecule has 78 valence electrons. The van der Waals surface area contributed by atoms with Crippen LogP contribution in [0.5, 0.6) is 0 Å². The van der Waals surface area contributed by atoms with E-state index in [1.54, 1.807) is 7.11 Å². The van der Waals surface area contributed by atoms with Crippen LogP contribution in [-0.2, 0) is 4.74 Å². The number of aromatic nitrogens is 1. The standard InChI is InChI=1S/C10H15BrN2O/c1-3-13(6-7-14-2)10-5-4-9(11)8-12-10/h4-5,8H,3,6-7H2,1-2H3. The van der Waals surface area contributed by atoms with E-state index in [9.17, 15) is 0 Å². The van der Waals surface area contributed by atoms with Crippen LogP contribution < -0.4 is 4.90 Å². The van der Waals surface area contributed by atoms with Gasteiger partial charge in [-0.1, -0.05) is 0 Å². The quantitative estimate of drug-likeness (QED) is 0.811. The minimum absolute atomic E-state index is 0.728. The molecule has 1 aromatic rings. The molecule has 0 bridgehead atoms. The monoisotopic (exact) mass is 258 g/mol. The Labute approximate surface area is 93.2 Å². The van der Waals surface area contributed by atoms with Crippen LogP contribution in [0, 0.1) is 0 Å². The molecule has 3 nitrogen and oxygen atoms in total. The zero-order chi connectivity index (χ0) is 10.4. The molecule has 14 heavy (non-hydrogen) atoms. The Hall–Kier alpha value is -0.610. The van der Waals surface area contributed by atoms with E-state index in [-0.39, 0.29) is 0 Å². The third kappa shape index (κ3) is 3.27. The molecular formula is C10H15BrN2O. The van der Waals surface area contributed by atoms with Crippen LogP contribution in [0.3, 0.4) is 0 Å². The molecule has 0 saturated carbocycles. The van der Waals surface area contributed by atoms with Gasteiger partial charge >= 0.3 is 0 Å². The Morgan fingerprint density at radius 1 is 1.50 bits per heavy atom. The van der Waals surface area contributed by atoms with E-state index in [0.717, 1.165) is 30.0 Å². The first-order valence-electron chi connectivity index (χ1n) is 4.63. The number of methoxy groups -OCH3 is 1. The number of nitrogens with zero attached hydrogens (tertiary/aromatic N) is 2. The fraction of sp³-hybridized carbons (Fsp3) is 0.500. The average molecular weight is 259 g/mol. The number of hydrogen-bond donors (Lipinski definition) is 0. The van der Waals surface area contributed by atoms with Crippen LogP contribution in [0.2, 0.25) is 0 Å². The zero-order valence-corrected chi connectivity index (χ0v) is 10.1. The molecule has 0 amide bonds. The number of pyridine rings is 1. The third-order valence-corrected chi connectivity index (χ3v) is 2.45. The summed E-state index contributed by atoms with van der Waals surface area (Å²) in [5, 5.41) is 0. The highest BCUT2D eigenvalue weighted by Crippen LogP contribution is 2.14. The normalized spacial score (nSPS) is 10.2.